The summed E-state index contributed by atoms with van der Waals surface area (Å²) < 4.78 is 5.60. The summed E-state index contributed by atoms with van der Waals surface area (Å²) in [6.07, 6.45) is 1.000. The van der Waals surface area contributed by atoms with E-state index < -0.39 is 5.97 Å². The van der Waals surface area contributed by atoms with Gasteiger partial charge in [0.05, 0.1) is 19.3 Å². The third-order valence-electron chi connectivity index (χ3n) is 4.93. The van der Waals surface area contributed by atoms with Crippen molar-refractivity contribution in [3.8, 4) is 0 Å². The summed E-state index contributed by atoms with van der Waals surface area (Å²) in [5.41, 5.74) is 2.10. The molecule has 1 aliphatic heterocycles. The Morgan fingerprint density at radius 2 is 1.79 bits per heavy atom. The summed E-state index contributed by atoms with van der Waals surface area (Å²) in [5.74, 6) is -0.860. The van der Waals surface area contributed by atoms with Gasteiger partial charge in [-0.2, -0.15) is 0 Å². The lowest BCUT2D eigenvalue weighted by atomic mass is 10.0. The number of nitrogens with zero attached hydrogens (tertiary/aromatic N) is 1. The van der Waals surface area contributed by atoms with E-state index in [9.17, 15) is 9.59 Å². The standard InChI is InChI=1S/C22H26N2O4/c25-21(26)12-11-19(15-17-7-3-1-4-8-17)23-22(27)24-13-14-28-16-20(24)18-9-5-2-6-10-18/h1-10,19-20H,11-16H2,(H,23,27)(H,25,26). The van der Waals surface area contributed by atoms with Crippen LogP contribution >= 0.6 is 0 Å². The highest BCUT2D eigenvalue weighted by atomic mass is 16.5. The topological polar surface area (TPSA) is 78.9 Å². The first-order chi connectivity index (χ1) is 13.6. The molecule has 0 radical (unpaired) electrons. The Labute approximate surface area is 165 Å². The van der Waals surface area contributed by atoms with E-state index in [0.717, 1.165) is 11.1 Å². The monoisotopic (exact) mass is 382 g/mol. The van der Waals surface area contributed by atoms with Crippen molar-refractivity contribution in [3.05, 3.63) is 71.8 Å². The van der Waals surface area contributed by atoms with Gasteiger partial charge in [0, 0.05) is 19.0 Å². The van der Waals surface area contributed by atoms with Crippen LogP contribution in [0.4, 0.5) is 4.79 Å². The lowest BCUT2D eigenvalue weighted by molar-refractivity contribution is -0.137. The van der Waals surface area contributed by atoms with E-state index in [2.05, 4.69) is 5.32 Å². The van der Waals surface area contributed by atoms with Crippen LogP contribution in [0.3, 0.4) is 0 Å². The van der Waals surface area contributed by atoms with Gasteiger partial charge in [-0.15, -0.1) is 0 Å². The number of carboxylic acids is 1. The molecular formula is C22H26N2O4. The van der Waals surface area contributed by atoms with Crippen molar-refractivity contribution >= 4 is 12.0 Å². The number of urea groups is 1. The van der Waals surface area contributed by atoms with Crippen molar-refractivity contribution in [2.75, 3.05) is 19.8 Å². The molecule has 6 nitrogen and oxygen atoms in total. The molecule has 0 aliphatic carbocycles. The van der Waals surface area contributed by atoms with Crippen LogP contribution in [0.5, 0.6) is 0 Å². The van der Waals surface area contributed by atoms with E-state index in [-0.39, 0.29) is 24.5 Å². The Balaban J connectivity index is 1.70. The average molecular weight is 382 g/mol. The van der Waals surface area contributed by atoms with Crippen molar-refractivity contribution < 1.29 is 19.4 Å². The fraction of sp³-hybridized carbons (Fsp3) is 0.364. The van der Waals surface area contributed by atoms with Crippen LogP contribution < -0.4 is 5.32 Å². The van der Waals surface area contributed by atoms with Crippen molar-refractivity contribution in [2.45, 2.75) is 31.3 Å². The minimum atomic E-state index is -0.860. The van der Waals surface area contributed by atoms with Gasteiger partial charge in [-0.25, -0.2) is 4.79 Å². The van der Waals surface area contributed by atoms with E-state index >= 15 is 0 Å². The van der Waals surface area contributed by atoms with Gasteiger partial charge in [-0.3, -0.25) is 4.79 Å². The van der Waals surface area contributed by atoms with E-state index in [1.165, 1.54) is 0 Å². The molecule has 2 atom stereocenters. The first-order valence-corrected chi connectivity index (χ1v) is 9.59. The van der Waals surface area contributed by atoms with Crippen LogP contribution in [-0.4, -0.2) is 47.8 Å². The Morgan fingerprint density at radius 1 is 1.11 bits per heavy atom. The number of rotatable bonds is 7. The molecule has 2 amide bonds. The van der Waals surface area contributed by atoms with Crippen LogP contribution in [0.25, 0.3) is 0 Å². The summed E-state index contributed by atoms with van der Waals surface area (Å²) in [7, 11) is 0. The molecule has 6 heteroatoms. The Kier molecular flexibility index (Phi) is 7.03. The molecule has 0 bridgehead atoms. The molecule has 2 aromatic rings. The number of hydrogen-bond acceptors (Lipinski definition) is 3. The van der Waals surface area contributed by atoms with Crippen molar-refractivity contribution in [1.82, 2.24) is 10.2 Å². The predicted molar refractivity (Wildman–Crippen MR) is 106 cm³/mol. The maximum atomic E-state index is 13.0. The smallest absolute Gasteiger partial charge is 0.318 e. The minimum absolute atomic E-state index is 0.0169. The number of carbonyl (C=O) groups is 2. The first kappa shape index (κ1) is 19.9. The van der Waals surface area contributed by atoms with Crippen molar-refractivity contribution in [1.29, 1.82) is 0 Å². The van der Waals surface area contributed by atoms with Gasteiger partial charge < -0.3 is 20.1 Å². The van der Waals surface area contributed by atoms with Crippen LogP contribution in [-0.2, 0) is 16.0 Å². The van der Waals surface area contributed by atoms with Gasteiger partial charge in [0.1, 0.15) is 0 Å². The normalized spacial score (nSPS) is 17.7. The van der Waals surface area contributed by atoms with Crippen LogP contribution in [0.15, 0.2) is 60.7 Å². The second kappa shape index (κ2) is 9.90. The summed E-state index contributed by atoms with van der Waals surface area (Å²) >= 11 is 0. The summed E-state index contributed by atoms with van der Waals surface area (Å²) in [4.78, 5) is 25.9. The molecule has 1 heterocycles. The third kappa shape index (κ3) is 5.57. The van der Waals surface area contributed by atoms with Gasteiger partial charge in [0.2, 0.25) is 0 Å². The van der Waals surface area contributed by atoms with E-state index in [4.69, 9.17) is 9.84 Å². The molecule has 0 saturated carbocycles. The molecule has 0 aromatic heterocycles. The second-order valence-electron chi connectivity index (χ2n) is 6.96. The maximum absolute atomic E-state index is 13.0. The van der Waals surface area contributed by atoms with Gasteiger partial charge in [-0.1, -0.05) is 60.7 Å². The Hall–Kier alpha value is -2.86. The molecule has 28 heavy (non-hydrogen) atoms. The van der Waals surface area contributed by atoms with Gasteiger partial charge in [0.15, 0.2) is 0 Å². The molecule has 1 aliphatic rings. The molecule has 2 unspecified atom stereocenters. The SMILES string of the molecule is O=C(O)CCC(Cc1ccccc1)NC(=O)N1CCOCC1c1ccccc1. The number of morpholine rings is 1. The minimum Gasteiger partial charge on any atom is -0.481 e. The number of carboxylic acid groups (broad SMARTS) is 1. The van der Waals surface area contributed by atoms with Gasteiger partial charge in [-0.05, 0) is 24.0 Å². The third-order valence-corrected chi connectivity index (χ3v) is 4.93. The molecule has 1 saturated heterocycles. The average Bonchev–Trinajstić information content (AvgIpc) is 2.73. The number of benzene rings is 2. The highest BCUT2D eigenvalue weighted by Gasteiger charge is 2.29. The molecule has 2 N–H and O–H groups in total. The quantitative estimate of drug-likeness (QED) is 0.771. The predicted octanol–water partition coefficient (Wildman–Crippen LogP) is 3.25. The largest absolute Gasteiger partial charge is 0.481 e. The molecular weight excluding hydrogens is 356 g/mol. The number of nitrogens with one attached hydrogen (secondary N) is 1. The number of aliphatic carboxylic acids is 1. The molecule has 148 valence electrons. The lowest BCUT2D eigenvalue weighted by Gasteiger charge is -2.37. The first-order valence-electron chi connectivity index (χ1n) is 9.59. The second-order valence-corrected chi connectivity index (χ2v) is 6.96. The van der Waals surface area contributed by atoms with Gasteiger partial charge >= 0.3 is 12.0 Å². The fourth-order valence-corrected chi connectivity index (χ4v) is 3.48. The fourth-order valence-electron chi connectivity index (χ4n) is 3.48. The van der Waals surface area contributed by atoms with Crippen LogP contribution in [0.2, 0.25) is 0 Å². The van der Waals surface area contributed by atoms with Crippen molar-refractivity contribution in [2.24, 2.45) is 0 Å². The van der Waals surface area contributed by atoms with Crippen molar-refractivity contribution in [3.63, 3.8) is 0 Å². The lowest BCUT2D eigenvalue weighted by Crippen LogP contribution is -2.51. The zero-order valence-electron chi connectivity index (χ0n) is 15.8. The summed E-state index contributed by atoms with van der Waals surface area (Å²) in [5, 5.41) is 12.1. The summed E-state index contributed by atoms with van der Waals surface area (Å²) in [6, 6.07) is 19.1. The Morgan fingerprint density at radius 3 is 2.46 bits per heavy atom. The van der Waals surface area contributed by atoms with E-state index in [1.54, 1.807) is 4.90 Å². The number of ether oxygens (including phenoxy) is 1. The number of carbonyl (C=O) groups excluding carboxylic acids is 1. The highest BCUT2D eigenvalue weighted by molar-refractivity contribution is 5.75. The number of hydrogen-bond donors (Lipinski definition) is 2. The zero-order chi connectivity index (χ0) is 19.8. The Bertz CT molecular complexity index is 767. The maximum Gasteiger partial charge on any atom is 0.318 e. The summed E-state index contributed by atoms with van der Waals surface area (Å²) in [6.45, 7) is 1.45. The number of amides is 2. The van der Waals surface area contributed by atoms with Gasteiger partial charge in [0.25, 0.3) is 0 Å². The van der Waals surface area contributed by atoms with Crippen LogP contribution in [0.1, 0.15) is 30.0 Å². The molecule has 1 fully saturated rings. The highest BCUT2D eigenvalue weighted by Crippen LogP contribution is 2.24. The zero-order valence-corrected chi connectivity index (χ0v) is 15.8. The molecule has 0 spiro atoms. The molecule has 3 rings (SSSR count). The molecule has 2 aromatic carbocycles. The van der Waals surface area contributed by atoms with E-state index in [0.29, 0.717) is 32.6 Å². The van der Waals surface area contributed by atoms with Crippen LogP contribution in [0, 0.1) is 0 Å². The van der Waals surface area contributed by atoms with E-state index in [1.807, 2.05) is 60.7 Å².